The second-order valence-corrected chi connectivity index (χ2v) is 11.0. The zero-order valence-corrected chi connectivity index (χ0v) is 24.7. The minimum absolute atomic E-state index is 0.000983. The number of primary amides is 1. The number of carbonyl (C=O) groups is 4. The molecule has 0 aromatic heterocycles. The first-order valence-corrected chi connectivity index (χ1v) is 14.6. The van der Waals surface area contributed by atoms with Gasteiger partial charge in [-0.3, -0.25) is 19.2 Å². The van der Waals surface area contributed by atoms with Gasteiger partial charge in [-0.05, 0) is 66.6 Å². The molecule has 0 heterocycles. The number of amides is 4. The molecule has 218 valence electrons. The van der Waals surface area contributed by atoms with Gasteiger partial charge >= 0.3 is 0 Å². The van der Waals surface area contributed by atoms with E-state index in [1.54, 1.807) is 97.1 Å². The molecule has 0 aliphatic rings. The molecular weight excluding hydrogens is 584 g/mol. The standard InChI is InChI=1S/C33H29ClN4O4S/c1-2-29(33(42)37-27-18-9-7-16-25(27)30(35)39)43-24-15-10-14-23(20-24)36-32(41)28(19-22-13-6-8-17-26(22)34)38-31(40)21-11-4-3-5-12-21/h3-20,29H,2H2,1H3,(H2,35,39)(H,36,41)(H,37,42)(H,38,40)/b28-19+. The van der Waals surface area contributed by atoms with Crippen LogP contribution in [0.2, 0.25) is 5.02 Å². The number of nitrogens with two attached hydrogens (primary N) is 1. The number of hydrogen-bond donors (Lipinski definition) is 4. The van der Waals surface area contributed by atoms with Crippen molar-refractivity contribution in [2.45, 2.75) is 23.5 Å². The Morgan fingerprint density at radius 2 is 1.56 bits per heavy atom. The third-order valence-corrected chi connectivity index (χ3v) is 7.92. The van der Waals surface area contributed by atoms with Gasteiger partial charge in [-0.1, -0.05) is 73.1 Å². The van der Waals surface area contributed by atoms with Crippen LogP contribution >= 0.6 is 23.4 Å². The number of carbonyl (C=O) groups excluding carboxylic acids is 4. The molecule has 0 bridgehead atoms. The number of thioether (sulfide) groups is 1. The van der Waals surface area contributed by atoms with E-state index in [1.165, 1.54) is 17.8 Å². The number of rotatable bonds is 11. The third kappa shape index (κ3) is 8.57. The quantitative estimate of drug-likeness (QED) is 0.116. The average Bonchev–Trinajstić information content (AvgIpc) is 3.01. The summed E-state index contributed by atoms with van der Waals surface area (Å²) in [5, 5.41) is 8.25. The largest absolute Gasteiger partial charge is 0.366 e. The monoisotopic (exact) mass is 612 g/mol. The number of halogens is 1. The lowest BCUT2D eigenvalue weighted by molar-refractivity contribution is -0.116. The maximum atomic E-state index is 13.4. The van der Waals surface area contributed by atoms with E-state index < -0.39 is 23.0 Å². The van der Waals surface area contributed by atoms with Crippen LogP contribution < -0.4 is 21.7 Å². The molecule has 0 saturated carbocycles. The summed E-state index contributed by atoms with van der Waals surface area (Å²) >= 11 is 7.63. The number of anilines is 2. The smallest absolute Gasteiger partial charge is 0.272 e. The molecule has 1 unspecified atom stereocenters. The van der Waals surface area contributed by atoms with E-state index in [0.29, 0.717) is 33.9 Å². The van der Waals surface area contributed by atoms with Crippen LogP contribution in [0.1, 0.15) is 39.6 Å². The second-order valence-electron chi connectivity index (χ2n) is 9.30. The highest BCUT2D eigenvalue weighted by atomic mass is 35.5. The van der Waals surface area contributed by atoms with Crippen LogP contribution in [-0.4, -0.2) is 28.9 Å². The van der Waals surface area contributed by atoms with Gasteiger partial charge in [0.15, 0.2) is 0 Å². The maximum Gasteiger partial charge on any atom is 0.272 e. The highest BCUT2D eigenvalue weighted by Crippen LogP contribution is 2.29. The van der Waals surface area contributed by atoms with Gasteiger partial charge in [0.2, 0.25) is 5.91 Å². The van der Waals surface area contributed by atoms with Gasteiger partial charge in [0, 0.05) is 21.2 Å². The molecule has 8 nitrogen and oxygen atoms in total. The summed E-state index contributed by atoms with van der Waals surface area (Å²) in [4.78, 5) is 51.9. The van der Waals surface area contributed by atoms with Crippen molar-refractivity contribution in [3.63, 3.8) is 0 Å². The Morgan fingerprint density at radius 3 is 2.28 bits per heavy atom. The Kier molecular flexibility index (Phi) is 10.7. The molecule has 1 atom stereocenters. The third-order valence-electron chi connectivity index (χ3n) is 6.22. The summed E-state index contributed by atoms with van der Waals surface area (Å²) in [6.07, 6.45) is 2.01. The van der Waals surface area contributed by atoms with Crippen LogP contribution in [0.3, 0.4) is 0 Å². The van der Waals surface area contributed by atoms with E-state index >= 15 is 0 Å². The second kappa shape index (κ2) is 14.9. The van der Waals surface area contributed by atoms with E-state index in [9.17, 15) is 19.2 Å². The normalized spacial score (nSPS) is 11.7. The van der Waals surface area contributed by atoms with Crippen molar-refractivity contribution in [2.24, 2.45) is 5.73 Å². The van der Waals surface area contributed by atoms with Crippen molar-refractivity contribution in [2.75, 3.05) is 10.6 Å². The molecule has 4 rings (SSSR count). The molecule has 0 aliphatic heterocycles. The van der Waals surface area contributed by atoms with Gasteiger partial charge in [-0.2, -0.15) is 0 Å². The van der Waals surface area contributed by atoms with Crippen molar-refractivity contribution in [3.8, 4) is 0 Å². The first kappa shape index (κ1) is 31.1. The van der Waals surface area contributed by atoms with Crippen LogP contribution in [0.15, 0.2) is 114 Å². The molecular formula is C33H29ClN4O4S. The number of para-hydroxylation sites is 1. The number of hydrogen-bond acceptors (Lipinski definition) is 5. The van der Waals surface area contributed by atoms with E-state index in [0.717, 1.165) is 4.90 Å². The topological polar surface area (TPSA) is 130 Å². The highest BCUT2D eigenvalue weighted by molar-refractivity contribution is 8.00. The SMILES string of the molecule is CCC(Sc1cccc(NC(=O)/C(=C\c2ccccc2Cl)NC(=O)c2ccccc2)c1)C(=O)Nc1ccccc1C(N)=O. The Morgan fingerprint density at radius 1 is 0.860 bits per heavy atom. The van der Waals surface area contributed by atoms with Crippen LogP contribution in [0.25, 0.3) is 6.08 Å². The van der Waals surface area contributed by atoms with E-state index in [1.807, 2.05) is 13.0 Å². The van der Waals surface area contributed by atoms with Crippen LogP contribution in [0.5, 0.6) is 0 Å². The molecule has 0 fully saturated rings. The van der Waals surface area contributed by atoms with E-state index in [-0.39, 0.29) is 17.2 Å². The molecule has 0 spiro atoms. The van der Waals surface area contributed by atoms with Crippen molar-refractivity contribution in [3.05, 3.63) is 131 Å². The van der Waals surface area contributed by atoms with Gasteiger partial charge in [-0.25, -0.2) is 0 Å². The molecule has 0 saturated heterocycles. The van der Waals surface area contributed by atoms with Gasteiger partial charge in [-0.15, -0.1) is 11.8 Å². The van der Waals surface area contributed by atoms with E-state index in [2.05, 4.69) is 16.0 Å². The van der Waals surface area contributed by atoms with Gasteiger partial charge < -0.3 is 21.7 Å². The van der Waals surface area contributed by atoms with Crippen LogP contribution in [0.4, 0.5) is 11.4 Å². The minimum atomic E-state index is -0.636. The van der Waals surface area contributed by atoms with Crippen molar-refractivity contribution >= 4 is 64.4 Å². The molecule has 43 heavy (non-hydrogen) atoms. The molecule has 4 aromatic rings. The zero-order chi connectivity index (χ0) is 30.8. The van der Waals surface area contributed by atoms with Crippen LogP contribution in [-0.2, 0) is 9.59 Å². The Hall–Kier alpha value is -4.86. The molecule has 0 radical (unpaired) electrons. The van der Waals surface area contributed by atoms with Crippen molar-refractivity contribution in [1.82, 2.24) is 5.32 Å². The highest BCUT2D eigenvalue weighted by Gasteiger charge is 2.21. The molecule has 4 aromatic carbocycles. The lowest BCUT2D eigenvalue weighted by Gasteiger charge is -2.17. The summed E-state index contributed by atoms with van der Waals surface area (Å²) in [6, 6.07) is 29.1. The number of nitrogens with one attached hydrogen (secondary N) is 3. The van der Waals surface area contributed by atoms with Crippen molar-refractivity contribution in [1.29, 1.82) is 0 Å². The first-order valence-electron chi connectivity index (χ1n) is 13.4. The van der Waals surface area contributed by atoms with Gasteiger partial charge in [0.1, 0.15) is 5.70 Å². The maximum absolute atomic E-state index is 13.4. The lowest BCUT2D eigenvalue weighted by Crippen LogP contribution is -2.30. The fourth-order valence-electron chi connectivity index (χ4n) is 4.04. The Labute approximate surface area is 258 Å². The predicted octanol–water partition coefficient (Wildman–Crippen LogP) is 6.36. The summed E-state index contributed by atoms with van der Waals surface area (Å²) in [6.45, 7) is 1.88. The zero-order valence-electron chi connectivity index (χ0n) is 23.2. The summed E-state index contributed by atoms with van der Waals surface area (Å²) < 4.78 is 0. The first-order chi connectivity index (χ1) is 20.7. The fraction of sp³-hybridized carbons (Fsp3) is 0.0909. The molecule has 10 heteroatoms. The summed E-state index contributed by atoms with van der Waals surface area (Å²) in [5.41, 5.74) is 7.42. The average molecular weight is 613 g/mol. The molecule has 5 N–H and O–H groups in total. The summed E-state index contributed by atoms with van der Waals surface area (Å²) in [5.74, 6) is -1.93. The minimum Gasteiger partial charge on any atom is -0.366 e. The fourth-order valence-corrected chi connectivity index (χ4v) is 5.25. The molecule has 0 aliphatic carbocycles. The Balaban J connectivity index is 1.51. The Bertz CT molecular complexity index is 1680. The van der Waals surface area contributed by atoms with Crippen molar-refractivity contribution < 1.29 is 19.2 Å². The van der Waals surface area contributed by atoms with Gasteiger partial charge in [0.05, 0.1) is 16.5 Å². The van der Waals surface area contributed by atoms with E-state index in [4.69, 9.17) is 17.3 Å². The lowest BCUT2D eigenvalue weighted by atomic mass is 10.1. The van der Waals surface area contributed by atoms with Gasteiger partial charge in [0.25, 0.3) is 17.7 Å². The molecule has 4 amide bonds. The van der Waals surface area contributed by atoms with Crippen LogP contribution in [0, 0.1) is 0 Å². The predicted molar refractivity (Wildman–Crippen MR) is 172 cm³/mol. The summed E-state index contributed by atoms with van der Waals surface area (Å²) in [7, 11) is 0. The number of benzene rings is 4.